The fourth-order valence-electron chi connectivity index (χ4n) is 1.76. The summed E-state index contributed by atoms with van der Waals surface area (Å²) in [7, 11) is 0. The van der Waals surface area contributed by atoms with Crippen molar-refractivity contribution < 1.29 is 10.2 Å². The molecule has 1 aliphatic carbocycles. The van der Waals surface area contributed by atoms with E-state index in [0.717, 1.165) is 24.2 Å². The van der Waals surface area contributed by atoms with Crippen LogP contribution in [0.1, 0.15) is 19.3 Å². The van der Waals surface area contributed by atoms with E-state index in [0.29, 0.717) is 5.75 Å². The van der Waals surface area contributed by atoms with Crippen LogP contribution in [0.15, 0.2) is 29.2 Å². The molecule has 2 atom stereocenters. The van der Waals surface area contributed by atoms with E-state index < -0.39 is 0 Å². The predicted molar refractivity (Wildman–Crippen MR) is 57.6 cm³/mol. The number of aliphatic hydroxyl groups is 1. The fraction of sp³-hybridized carbons (Fsp3) is 0.455. The molecule has 1 saturated carbocycles. The summed E-state index contributed by atoms with van der Waals surface area (Å²) < 4.78 is 0. The molecule has 76 valence electrons. The maximum atomic E-state index is 9.64. The maximum Gasteiger partial charge on any atom is 0.129 e. The van der Waals surface area contributed by atoms with E-state index in [1.165, 1.54) is 0 Å². The third-order valence-corrected chi connectivity index (χ3v) is 4.01. The predicted octanol–water partition coefficient (Wildman–Crippen LogP) is 2.40. The van der Waals surface area contributed by atoms with Crippen molar-refractivity contribution in [3.05, 3.63) is 24.3 Å². The average molecular weight is 210 g/mol. The monoisotopic (exact) mass is 210 g/mol. The highest BCUT2D eigenvalue weighted by Crippen LogP contribution is 2.38. The molecule has 1 aromatic rings. The lowest BCUT2D eigenvalue weighted by molar-refractivity contribution is 0.188. The molecule has 1 aliphatic rings. The fourth-order valence-corrected chi connectivity index (χ4v) is 3.01. The average Bonchev–Trinajstić information content (AvgIpc) is 2.56. The molecule has 0 radical (unpaired) electrons. The van der Waals surface area contributed by atoms with Gasteiger partial charge in [-0.2, -0.15) is 0 Å². The number of hydrogen-bond donors (Lipinski definition) is 2. The summed E-state index contributed by atoms with van der Waals surface area (Å²) in [4.78, 5) is 0.874. The van der Waals surface area contributed by atoms with Gasteiger partial charge in [-0.05, 0) is 31.4 Å². The van der Waals surface area contributed by atoms with Gasteiger partial charge >= 0.3 is 0 Å². The summed E-state index contributed by atoms with van der Waals surface area (Å²) in [6.45, 7) is 0. The van der Waals surface area contributed by atoms with Gasteiger partial charge in [0.1, 0.15) is 5.75 Å². The highest BCUT2D eigenvalue weighted by atomic mass is 32.2. The van der Waals surface area contributed by atoms with Crippen LogP contribution in [0.5, 0.6) is 5.75 Å². The number of para-hydroxylation sites is 1. The molecule has 14 heavy (non-hydrogen) atoms. The van der Waals surface area contributed by atoms with Gasteiger partial charge in [0.25, 0.3) is 0 Å². The topological polar surface area (TPSA) is 40.5 Å². The Morgan fingerprint density at radius 1 is 1.21 bits per heavy atom. The van der Waals surface area contributed by atoms with Crippen LogP contribution in [0.25, 0.3) is 0 Å². The molecule has 0 aliphatic heterocycles. The van der Waals surface area contributed by atoms with Crippen LogP contribution in [-0.2, 0) is 0 Å². The second-order valence-electron chi connectivity index (χ2n) is 3.62. The largest absolute Gasteiger partial charge is 0.507 e. The number of thioether (sulfide) groups is 1. The third-order valence-electron chi connectivity index (χ3n) is 2.56. The molecule has 0 unspecified atom stereocenters. The maximum absolute atomic E-state index is 9.64. The Balaban J connectivity index is 2.07. The van der Waals surface area contributed by atoms with E-state index in [1.807, 2.05) is 18.2 Å². The van der Waals surface area contributed by atoms with Crippen LogP contribution in [-0.4, -0.2) is 21.6 Å². The number of phenols is 1. The Kier molecular flexibility index (Phi) is 2.99. The van der Waals surface area contributed by atoms with Gasteiger partial charge in [-0.3, -0.25) is 0 Å². The first-order valence-electron chi connectivity index (χ1n) is 4.90. The van der Waals surface area contributed by atoms with Gasteiger partial charge in [-0.15, -0.1) is 11.8 Å². The summed E-state index contributed by atoms with van der Waals surface area (Å²) in [5.41, 5.74) is 0. The van der Waals surface area contributed by atoms with E-state index in [4.69, 9.17) is 0 Å². The second-order valence-corrected chi connectivity index (χ2v) is 4.90. The van der Waals surface area contributed by atoms with Crippen molar-refractivity contribution in [3.8, 4) is 5.75 Å². The van der Waals surface area contributed by atoms with Crippen LogP contribution in [0, 0.1) is 0 Å². The Labute approximate surface area is 88.0 Å². The normalized spacial score (nSPS) is 26.6. The van der Waals surface area contributed by atoms with Gasteiger partial charge in [0.2, 0.25) is 0 Å². The second kappa shape index (κ2) is 4.24. The summed E-state index contributed by atoms with van der Waals surface area (Å²) in [5, 5.41) is 19.4. The van der Waals surface area contributed by atoms with Crippen molar-refractivity contribution in [3.63, 3.8) is 0 Å². The summed E-state index contributed by atoms with van der Waals surface area (Å²) in [6, 6.07) is 7.29. The molecule has 2 nitrogen and oxygen atoms in total. The smallest absolute Gasteiger partial charge is 0.129 e. The number of aliphatic hydroxyl groups excluding tert-OH is 1. The number of phenolic OH excluding ortho intramolecular Hbond substituents is 1. The molecule has 0 aromatic heterocycles. The van der Waals surface area contributed by atoms with Crippen molar-refractivity contribution in [1.29, 1.82) is 0 Å². The first kappa shape index (κ1) is 9.87. The van der Waals surface area contributed by atoms with Gasteiger partial charge in [-0.1, -0.05) is 12.1 Å². The Bertz CT molecular complexity index is 314. The van der Waals surface area contributed by atoms with Crippen molar-refractivity contribution >= 4 is 11.8 Å². The van der Waals surface area contributed by atoms with Gasteiger partial charge in [-0.25, -0.2) is 0 Å². The minimum absolute atomic E-state index is 0.209. The zero-order chi connectivity index (χ0) is 9.97. The number of benzene rings is 1. The Hall–Kier alpha value is -0.670. The third kappa shape index (κ3) is 2.04. The Morgan fingerprint density at radius 3 is 2.64 bits per heavy atom. The van der Waals surface area contributed by atoms with E-state index in [1.54, 1.807) is 17.8 Å². The van der Waals surface area contributed by atoms with Crippen LogP contribution in [0.3, 0.4) is 0 Å². The zero-order valence-corrected chi connectivity index (χ0v) is 8.70. The number of hydrogen-bond acceptors (Lipinski definition) is 3. The molecule has 0 amide bonds. The molecule has 3 heteroatoms. The molecular formula is C11H14O2S. The lowest BCUT2D eigenvalue weighted by Crippen LogP contribution is -2.14. The van der Waals surface area contributed by atoms with Gasteiger partial charge < -0.3 is 10.2 Å². The summed E-state index contributed by atoms with van der Waals surface area (Å²) in [5.74, 6) is 0.316. The molecule has 0 heterocycles. The van der Waals surface area contributed by atoms with Crippen LogP contribution in [0.2, 0.25) is 0 Å². The van der Waals surface area contributed by atoms with Crippen molar-refractivity contribution in [2.24, 2.45) is 0 Å². The van der Waals surface area contributed by atoms with Crippen molar-refractivity contribution in [1.82, 2.24) is 0 Å². The standard InChI is InChI=1S/C11H14O2S/c12-8-4-1-2-6-10(8)14-11-7-3-5-9(11)13/h1-2,4,6,9,11-13H,3,5,7H2/t9-,11-/m0/s1. The highest BCUT2D eigenvalue weighted by Gasteiger charge is 2.26. The molecule has 2 rings (SSSR count). The first-order chi connectivity index (χ1) is 6.77. The lowest BCUT2D eigenvalue weighted by atomic mass is 10.3. The Morgan fingerprint density at radius 2 is 2.00 bits per heavy atom. The molecule has 0 saturated heterocycles. The molecule has 1 aromatic carbocycles. The zero-order valence-electron chi connectivity index (χ0n) is 7.89. The van der Waals surface area contributed by atoms with Gasteiger partial charge in [0.15, 0.2) is 0 Å². The molecule has 0 bridgehead atoms. The van der Waals surface area contributed by atoms with Crippen LogP contribution < -0.4 is 0 Å². The van der Waals surface area contributed by atoms with E-state index in [9.17, 15) is 10.2 Å². The summed E-state index contributed by atoms with van der Waals surface area (Å²) >= 11 is 1.59. The van der Waals surface area contributed by atoms with E-state index in [-0.39, 0.29) is 11.4 Å². The van der Waals surface area contributed by atoms with Gasteiger partial charge in [0.05, 0.1) is 6.10 Å². The number of aromatic hydroxyl groups is 1. The minimum Gasteiger partial charge on any atom is -0.507 e. The molecule has 2 N–H and O–H groups in total. The first-order valence-corrected chi connectivity index (χ1v) is 5.78. The van der Waals surface area contributed by atoms with E-state index >= 15 is 0 Å². The molecule has 0 spiro atoms. The number of rotatable bonds is 2. The molecular weight excluding hydrogens is 196 g/mol. The summed E-state index contributed by atoms with van der Waals surface area (Å²) in [6.07, 6.45) is 2.82. The SMILES string of the molecule is Oc1ccccc1S[C@H]1CCC[C@@H]1O. The minimum atomic E-state index is -0.209. The van der Waals surface area contributed by atoms with Crippen LogP contribution in [0.4, 0.5) is 0 Å². The van der Waals surface area contributed by atoms with Gasteiger partial charge in [0, 0.05) is 10.1 Å². The highest BCUT2D eigenvalue weighted by molar-refractivity contribution is 8.00. The van der Waals surface area contributed by atoms with E-state index in [2.05, 4.69) is 0 Å². The lowest BCUT2D eigenvalue weighted by Gasteiger charge is -2.14. The molecule has 1 fully saturated rings. The van der Waals surface area contributed by atoms with Crippen molar-refractivity contribution in [2.75, 3.05) is 0 Å². The quantitative estimate of drug-likeness (QED) is 0.787. The van der Waals surface area contributed by atoms with Crippen LogP contribution >= 0.6 is 11.8 Å². The van der Waals surface area contributed by atoms with Crippen molar-refractivity contribution in [2.45, 2.75) is 35.5 Å².